The summed E-state index contributed by atoms with van der Waals surface area (Å²) < 4.78 is 19.9. The first kappa shape index (κ1) is 14.9. The Morgan fingerprint density at radius 2 is 2.15 bits per heavy atom. The Kier molecular flexibility index (Phi) is 5.09. The molecule has 1 heterocycles. The summed E-state index contributed by atoms with van der Waals surface area (Å²) in [7, 11) is 0. The monoisotopic (exact) mass is 338 g/mol. The molecule has 0 fully saturated rings. The van der Waals surface area contributed by atoms with E-state index in [2.05, 4.69) is 20.9 Å². The van der Waals surface area contributed by atoms with Crippen molar-refractivity contribution in [2.45, 2.75) is 25.5 Å². The lowest BCUT2D eigenvalue weighted by Crippen LogP contribution is -2.32. The number of rotatable bonds is 5. The zero-order valence-electron chi connectivity index (χ0n) is 11.1. The molecular weight excluding hydrogens is 323 g/mol. The number of benzene rings is 1. The minimum Gasteiger partial charge on any atom is -0.482 e. The van der Waals surface area contributed by atoms with Crippen LogP contribution in [0.1, 0.15) is 25.1 Å². The molecule has 0 saturated heterocycles. The average Bonchev–Trinajstić information content (AvgIpc) is 2.44. The second-order valence-corrected chi connectivity index (χ2v) is 5.39. The molecule has 0 spiro atoms. The molecule has 2 aromatic rings. The summed E-state index contributed by atoms with van der Waals surface area (Å²) in [6.07, 6.45) is 2.02. The lowest BCUT2D eigenvalue weighted by atomic mass is 10.1. The van der Waals surface area contributed by atoms with E-state index in [1.165, 1.54) is 12.1 Å². The minimum atomic E-state index is -0.408. The van der Waals surface area contributed by atoms with Gasteiger partial charge >= 0.3 is 0 Å². The van der Waals surface area contributed by atoms with Gasteiger partial charge < -0.3 is 10.5 Å². The second-order valence-electron chi connectivity index (χ2n) is 4.47. The highest BCUT2D eigenvalue weighted by Gasteiger charge is 2.22. The molecule has 20 heavy (non-hydrogen) atoms. The summed E-state index contributed by atoms with van der Waals surface area (Å²) >= 11 is 3.25. The van der Waals surface area contributed by atoms with Crippen molar-refractivity contribution in [3.05, 3.63) is 58.6 Å². The molecule has 2 unspecified atom stereocenters. The summed E-state index contributed by atoms with van der Waals surface area (Å²) in [5, 5.41) is 0. The van der Waals surface area contributed by atoms with Crippen molar-refractivity contribution in [2.24, 2.45) is 5.73 Å². The maximum absolute atomic E-state index is 13.4. The molecule has 2 rings (SSSR count). The van der Waals surface area contributed by atoms with E-state index in [-0.39, 0.29) is 11.9 Å². The van der Waals surface area contributed by atoms with Crippen LogP contribution in [0, 0.1) is 5.82 Å². The van der Waals surface area contributed by atoms with E-state index in [4.69, 9.17) is 10.5 Å². The molecule has 106 valence electrons. The third-order valence-corrected chi connectivity index (χ3v) is 3.40. The average molecular weight is 339 g/mol. The third kappa shape index (κ3) is 3.77. The zero-order valence-corrected chi connectivity index (χ0v) is 12.7. The highest BCUT2D eigenvalue weighted by atomic mass is 79.9. The Morgan fingerprint density at radius 3 is 2.75 bits per heavy atom. The molecule has 1 aromatic carbocycles. The fourth-order valence-electron chi connectivity index (χ4n) is 1.87. The number of nitrogens with two attached hydrogens (primary N) is 1. The Balaban J connectivity index is 2.28. The van der Waals surface area contributed by atoms with E-state index >= 15 is 0 Å². The van der Waals surface area contributed by atoms with E-state index in [9.17, 15) is 4.39 Å². The number of halogens is 2. The molecule has 2 atom stereocenters. The van der Waals surface area contributed by atoms with Crippen LogP contribution in [-0.2, 0) is 0 Å². The number of hydrogen-bond acceptors (Lipinski definition) is 3. The number of hydrogen-bond donors (Lipinski definition) is 1. The van der Waals surface area contributed by atoms with Gasteiger partial charge in [0.05, 0.1) is 5.69 Å². The number of nitrogens with zero attached hydrogens (tertiary/aromatic N) is 1. The molecule has 0 amide bonds. The van der Waals surface area contributed by atoms with Gasteiger partial charge in [0.1, 0.15) is 11.6 Å². The van der Waals surface area contributed by atoms with Crippen molar-refractivity contribution in [3.8, 4) is 5.75 Å². The maximum atomic E-state index is 13.4. The molecule has 5 heteroatoms. The van der Waals surface area contributed by atoms with Gasteiger partial charge in [-0.15, -0.1) is 0 Å². The first-order valence-corrected chi connectivity index (χ1v) is 7.18. The van der Waals surface area contributed by atoms with Gasteiger partial charge in [-0.1, -0.05) is 28.9 Å². The van der Waals surface area contributed by atoms with Crippen molar-refractivity contribution < 1.29 is 9.13 Å². The summed E-state index contributed by atoms with van der Waals surface area (Å²) in [6, 6.07) is 9.77. The molecule has 0 saturated carbocycles. The van der Waals surface area contributed by atoms with Crippen molar-refractivity contribution in [2.75, 3.05) is 0 Å². The molecule has 0 bridgehead atoms. The van der Waals surface area contributed by atoms with Crippen LogP contribution < -0.4 is 10.5 Å². The molecule has 0 aliphatic heterocycles. The van der Waals surface area contributed by atoms with Crippen molar-refractivity contribution in [1.82, 2.24) is 4.98 Å². The smallest absolute Gasteiger partial charge is 0.155 e. The summed E-state index contributed by atoms with van der Waals surface area (Å²) in [5.74, 6) is 0.0654. The van der Waals surface area contributed by atoms with E-state index < -0.39 is 6.10 Å². The van der Waals surface area contributed by atoms with Gasteiger partial charge in [0.15, 0.2) is 6.10 Å². The highest BCUT2D eigenvalue weighted by Crippen LogP contribution is 2.27. The van der Waals surface area contributed by atoms with E-state index in [0.29, 0.717) is 10.2 Å². The van der Waals surface area contributed by atoms with Gasteiger partial charge in [0, 0.05) is 22.8 Å². The van der Waals surface area contributed by atoms with Gasteiger partial charge in [-0.25, -0.2) is 4.39 Å². The van der Waals surface area contributed by atoms with Crippen LogP contribution >= 0.6 is 15.9 Å². The fourth-order valence-corrected chi connectivity index (χ4v) is 2.31. The Morgan fingerprint density at radius 1 is 1.35 bits per heavy atom. The normalized spacial score (nSPS) is 13.8. The molecule has 0 radical (unpaired) electrons. The highest BCUT2D eigenvalue weighted by molar-refractivity contribution is 9.10. The van der Waals surface area contributed by atoms with Gasteiger partial charge in [0.25, 0.3) is 0 Å². The Labute approximate surface area is 126 Å². The van der Waals surface area contributed by atoms with Crippen LogP contribution in [0.2, 0.25) is 0 Å². The summed E-state index contributed by atoms with van der Waals surface area (Å²) in [4.78, 5) is 4.28. The first-order valence-electron chi connectivity index (χ1n) is 6.39. The predicted octanol–water partition coefficient (Wildman–Crippen LogP) is 3.84. The maximum Gasteiger partial charge on any atom is 0.155 e. The van der Waals surface area contributed by atoms with Crippen LogP contribution in [0.3, 0.4) is 0 Å². The van der Waals surface area contributed by atoms with Crippen molar-refractivity contribution >= 4 is 15.9 Å². The molecule has 3 nitrogen and oxygen atoms in total. The fraction of sp³-hybridized carbons (Fsp3) is 0.267. The Hall–Kier alpha value is -1.46. The number of pyridine rings is 1. The van der Waals surface area contributed by atoms with E-state index in [1.54, 1.807) is 12.3 Å². The van der Waals surface area contributed by atoms with E-state index in [1.807, 2.05) is 25.1 Å². The largest absolute Gasteiger partial charge is 0.482 e. The Bertz CT molecular complexity index is 545. The molecule has 2 N–H and O–H groups in total. The van der Waals surface area contributed by atoms with Crippen molar-refractivity contribution in [3.63, 3.8) is 0 Å². The molecule has 0 aliphatic rings. The van der Waals surface area contributed by atoms with Crippen LogP contribution in [0.5, 0.6) is 5.75 Å². The molecule has 0 aliphatic carbocycles. The van der Waals surface area contributed by atoms with Gasteiger partial charge in [-0.3, -0.25) is 4.98 Å². The topological polar surface area (TPSA) is 48.1 Å². The lowest BCUT2D eigenvalue weighted by molar-refractivity contribution is 0.166. The SMILES string of the molecule is CCC(N)C(Oc1cc(F)cc(Br)c1)c1ccccn1. The third-order valence-electron chi connectivity index (χ3n) is 2.94. The van der Waals surface area contributed by atoms with Crippen LogP contribution in [0.4, 0.5) is 4.39 Å². The summed E-state index contributed by atoms with van der Waals surface area (Å²) in [6.45, 7) is 1.98. The standard InChI is InChI=1S/C15H16BrFN2O/c1-2-13(18)15(14-5-3-4-6-19-14)20-12-8-10(16)7-11(17)9-12/h3-9,13,15H,2,18H2,1H3. The van der Waals surface area contributed by atoms with Crippen LogP contribution in [-0.4, -0.2) is 11.0 Å². The number of ether oxygens (including phenoxy) is 1. The van der Waals surface area contributed by atoms with Gasteiger partial charge in [-0.05, 0) is 30.7 Å². The predicted molar refractivity (Wildman–Crippen MR) is 80.0 cm³/mol. The van der Waals surface area contributed by atoms with Gasteiger partial charge in [0.2, 0.25) is 0 Å². The minimum absolute atomic E-state index is 0.216. The summed E-state index contributed by atoms with van der Waals surface area (Å²) in [5.41, 5.74) is 6.84. The zero-order chi connectivity index (χ0) is 14.5. The molecule has 1 aromatic heterocycles. The first-order chi connectivity index (χ1) is 9.60. The molecular formula is C15H16BrFN2O. The number of aromatic nitrogens is 1. The van der Waals surface area contributed by atoms with Gasteiger partial charge in [-0.2, -0.15) is 0 Å². The quantitative estimate of drug-likeness (QED) is 0.900. The van der Waals surface area contributed by atoms with E-state index in [0.717, 1.165) is 12.1 Å². The van der Waals surface area contributed by atoms with Crippen LogP contribution in [0.25, 0.3) is 0 Å². The second kappa shape index (κ2) is 6.81. The van der Waals surface area contributed by atoms with Crippen LogP contribution in [0.15, 0.2) is 47.1 Å². The lowest BCUT2D eigenvalue weighted by Gasteiger charge is -2.24. The van der Waals surface area contributed by atoms with Crippen molar-refractivity contribution in [1.29, 1.82) is 0 Å².